The molecule has 2 aromatic rings. The van der Waals surface area contributed by atoms with Crippen LogP contribution >= 0.6 is 11.6 Å². The SMILES string of the molecule is Cc1cc(C(=O)NCc2cnc(OCC(F)(F)F)c(Cl)c2)nc(NC(=O)C2CC2)n1. The van der Waals surface area contributed by atoms with Gasteiger partial charge in [0, 0.05) is 24.4 Å². The average molecular weight is 444 g/mol. The molecule has 2 aromatic heterocycles. The lowest BCUT2D eigenvalue weighted by Crippen LogP contribution is -2.25. The van der Waals surface area contributed by atoms with Crippen LogP contribution < -0.4 is 15.4 Å². The van der Waals surface area contributed by atoms with E-state index in [2.05, 4.69) is 30.3 Å². The number of aryl methyl sites for hydroxylation is 1. The summed E-state index contributed by atoms with van der Waals surface area (Å²) in [6, 6.07) is 2.80. The fraction of sp³-hybridized carbons (Fsp3) is 0.389. The number of hydrogen-bond acceptors (Lipinski definition) is 6. The first kappa shape index (κ1) is 21.8. The van der Waals surface area contributed by atoms with Crippen LogP contribution in [0.3, 0.4) is 0 Å². The minimum absolute atomic E-state index is 0.00206. The fourth-order valence-electron chi connectivity index (χ4n) is 2.39. The second-order valence-corrected chi connectivity index (χ2v) is 7.11. The molecule has 160 valence electrons. The van der Waals surface area contributed by atoms with Crippen molar-refractivity contribution in [2.75, 3.05) is 11.9 Å². The monoisotopic (exact) mass is 443 g/mol. The van der Waals surface area contributed by atoms with E-state index in [9.17, 15) is 22.8 Å². The number of carbonyl (C=O) groups excluding carboxylic acids is 2. The first-order valence-corrected chi connectivity index (χ1v) is 9.27. The summed E-state index contributed by atoms with van der Waals surface area (Å²) < 4.78 is 41.2. The normalized spacial score (nSPS) is 13.6. The van der Waals surface area contributed by atoms with Crippen molar-refractivity contribution >= 4 is 29.4 Å². The number of ether oxygens (including phenoxy) is 1. The number of alkyl halides is 3. The summed E-state index contributed by atoms with van der Waals surface area (Å²) in [6.07, 6.45) is -1.63. The number of rotatable bonds is 7. The van der Waals surface area contributed by atoms with E-state index >= 15 is 0 Å². The van der Waals surface area contributed by atoms with E-state index in [1.54, 1.807) is 6.92 Å². The third kappa shape index (κ3) is 6.28. The molecule has 0 spiro atoms. The Kier molecular flexibility index (Phi) is 6.40. The first-order chi connectivity index (χ1) is 14.1. The van der Waals surface area contributed by atoms with Gasteiger partial charge in [-0.2, -0.15) is 13.2 Å². The number of aromatic nitrogens is 3. The molecule has 1 fully saturated rings. The maximum atomic E-state index is 12.4. The van der Waals surface area contributed by atoms with Crippen molar-refractivity contribution in [1.82, 2.24) is 20.3 Å². The molecule has 8 nitrogen and oxygen atoms in total. The molecule has 0 aromatic carbocycles. The lowest BCUT2D eigenvalue weighted by Gasteiger charge is -2.11. The molecule has 0 atom stereocenters. The van der Waals surface area contributed by atoms with Gasteiger partial charge >= 0.3 is 6.18 Å². The molecular weight excluding hydrogens is 427 g/mol. The van der Waals surface area contributed by atoms with Crippen molar-refractivity contribution in [2.24, 2.45) is 5.92 Å². The molecular formula is C18H17ClF3N5O3. The van der Waals surface area contributed by atoms with E-state index in [1.807, 2.05) is 0 Å². The summed E-state index contributed by atoms with van der Waals surface area (Å²) in [4.78, 5) is 36.1. The van der Waals surface area contributed by atoms with Gasteiger partial charge in [0.05, 0.1) is 0 Å². The molecule has 1 saturated carbocycles. The highest BCUT2D eigenvalue weighted by Gasteiger charge is 2.30. The topological polar surface area (TPSA) is 106 Å². The van der Waals surface area contributed by atoms with Crippen LogP contribution in [0.15, 0.2) is 18.3 Å². The Morgan fingerprint density at radius 1 is 1.27 bits per heavy atom. The Bertz CT molecular complexity index is 967. The highest BCUT2D eigenvalue weighted by Crippen LogP contribution is 2.29. The van der Waals surface area contributed by atoms with Gasteiger partial charge in [0.2, 0.25) is 17.7 Å². The van der Waals surface area contributed by atoms with Gasteiger partial charge in [-0.05, 0) is 37.5 Å². The number of anilines is 1. The Hall–Kier alpha value is -2.95. The van der Waals surface area contributed by atoms with Crippen molar-refractivity contribution in [3.05, 3.63) is 40.3 Å². The van der Waals surface area contributed by atoms with Gasteiger partial charge in [-0.3, -0.25) is 14.9 Å². The van der Waals surface area contributed by atoms with Gasteiger partial charge in [0.15, 0.2) is 6.61 Å². The van der Waals surface area contributed by atoms with Crippen LogP contribution in [0.5, 0.6) is 5.88 Å². The van der Waals surface area contributed by atoms with Crippen LogP contribution in [-0.2, 0) is 11.3 Å². The smallest absolute Gasteiger partial charge is 0.422 e. The summed E-state index contributed by atoms with van der Waals surface area (Å²) in [5, 5.41) is 5.07. The third-order valence-electron chi connectivity index (χ3n) is 3.96. The fourth-order valence-corrected chi connectivity index (χ4v) is 2.63. The number of hydrogen-bond donors (Lipinski definition) is 2. The minimum atomic E-state index is -4.51. The number of pyridine rings is 1. The molecule has 0 bridgehead atoms. The average Bonchev–Trinajstić information content (AvgIpc) is 3.49. The van der Waals surface area contributed by atoms with Crippen molar-refractivity contribution in [3.63, 3.8) is 0 Å². The summed E-state index contributed by atoms with van der Waals surface area (Å²) in [6.45, 7) is 0.148. The van der Waals surface area contributed by atoms with E-state index in [-0.39, 0.29) is 40.9 Å². The predicted octanol–water partition coefficient (Wildman–Crippen LogP) is 3.05. The molecule has 0 saturated heterocycles. The van der Waals surface area contributed by atoms with Gasteiger partial charge in [0.25, 0.3) is 5.91 Å². The van der Waals surface area contributed by atoms with Gasteiger partial charge in [0.1, 0.15) is 10.7 Å². The molecule has 2 amide bonds. The zero-order valence-corrected chi connectivity index (χ0v) is 16.5. The second-order valence-electron chi connectivity index (χ2n) is 6.70. The predicted molar refractivity (Wildman–Crippen MR) is 100 cm³/mol. The van der Waals surface area contributed by atoms with Crippen LogP contribution in [0.4, 0.5) is 19.1 Å². The first-order valence-electron chi connectivity index (χ1n) is 8.89. The van der Waals surface area contributed by atoms with E-state index in [0.29, 0.717) is 11.3 Å². The van der Waals surface area contributed by atoms with Gasteiger partial charge in [-0.25, -0.2) is 15.0 Å². The summed E-state index contributed by atoms with van der Waals surface area (Å²) in [5.74, 6) is -1.05. The van der Waals surface area contributed by atoms with Crippen LogP contribution in [0, 0.1) is 12.8 Å². The summed E-state index contributed by atoms with van der Waals surface area (Å²) in [5.41, 5.74) is 0.996. The maximum absolute atomic E-state index is 12.4. The van der Waals surface area contributed by atoms with Gasteiger partial charge in [-0.1, -0.05) is 11.6 Å². The summed E-state index contributed by atoms with van der Waals surface area (Å²) in [7, 11) is 0. The number of amides is 2. The van der Waals surface area contributed by atoms with Crippen molar-refractivity contribution in [3.8, 4) is 5.88 Å². The Balaban J connectivity index is 1.60. The van der Waals surface area contributed by atoms with Crippen LogP contribution in [0.2, 0.25) is 5.02 Å². The van der Waals surface area contributed by atoms with Crippen molar-refractivity contribution in [1.29, 1.82) is 0 Å². The van der Waals surface area contributed by atoms with E-state index < -0.39 is 18.7 Å². The molecule has 0 aliphatic heterocycles. The van der Waals surface area contributed by atoms with E-state index in [4.69, 9.17) is 11.6 Å². The highest BCUT2D eigenvalue weighted by atomic mass is 35.5. The minimum Gasteiger partial charge on any atom is -0.467 e. The Labute approximate surface area is 174 Å². The summed E-state index contributed by atoms with van der Waals surface area (Å²) >= 11 is 5.88. The van der Waals surface area contributed by atoms with Crippen molar-refractivity contribution < 1.29 is 27.5 Å². The third-order valence-corrected chi connectivity index (χ3v) is 4.23. The zero-order valence-electron chi connectivity index (χ0n) is 15.7. The molecule has 3 rings (SSSR count). The molecule has 2 heterocycles. The van der Waals surface area contributed by atoms with Crippen LogP contribution in [-0.4, -0.2) is 39.5 Å². The second kappa shape index (κ2) is 8.82. The maximum Gasteiger partial charge on any atom is 0.422 e. The quantitative estimate of drug-likeness (QED) is 0.681. The molecule has 0 radical (unpaired) electrons. The van der Waals surface area contributed by atoms with Crippen LogP contribution in [0.25, 0.3) is 0 Å². The number of carbonyl (C=O) groups is 2. The number of halogens is 4. The molecule has 2 N–H and O–H groups in total. The Morgan fingerprint density at radius 3 is 2.63 bits per heavy atom. The molecule has 1 aliphatic carbocycles. The largest absolute Gasteiger partial charge is 0.467 e. The molecule has 1 aliphatic rings. The highest BCUT2D eigenvalue weighted by molar-refractivity contribution is 6.31. The number of nitrogens with zero attached hydrogens (tertiary/aromatic N) is 3. The standard InChI is InChI=1S/C18H17ClF3N5O3/c1-9-4-13(26-17(25-9)27-14(28)11-2-3-11)15(29)23-6-10-5-12(19)16(24-7-10)30-8-18(20,21)22/h4-5,7,11H,2-3,6,8H2,1H3,(H,23,29)(H,25,26,27,28). The molecule has 12 heteroatoms. The molecule has 0 unspecified atom stereocenters. The number of nitrogens with one attached hydrogen (secondary N) is 2. The Morgan fingerprint density at radius 2 is 2.00 bits per heavy atom. The lowest BCUT2D eigenvalue weighted by molar-refractivity contribution is -0.154. The van der Waals surface area contributed by atoms with Gasteiger partial charge in [-0.15, -0.1) is 0 Å². The zero-order chi connectivity index (χ0) is 21.9. The van der Waals surface area contributed by atoms with E-state index in [1.165, 1.54) is 18.3 Å². The van der Waals surface area contributed by atoms with Crippen LogP contribution in [0.1, 0.15) is 34.6 Å². The van der Waals surface area contributed by atoms with E-state index in [0.717, 1.165) is 12.8 Å². The van der Waals surface area contributed by atoms with Gasteiger partial charge < -0.3 is 10.1 Å². The van der Waals surface area contributed by atoms with Crippen molar-refractivity contribution in [2.45, 2.75) is 32.5 Å². The molecule has 30 heavy (non-hydrogen) atoms. The lowest BCUT2D eigenvalue weighted by atomic mass is 10.2.